The molecule has 0 saturated heterocycles. The number of hydrogen-bond donors (Lipinski definition) is 3. The molecule has 9 nitrogen and oxygen atoms in total. The maximum atomic E-state index is 13.4. The van der Waals surface area contributed by atoms with Crippen molar-refractivity contribution in [3.63, 3.8) is 0 Å². The van der Waals surface area contributed by atoms with Crippen LogP contribution in [0.5, 0.6) is 17.2 Å². The van der Waals surface area contributed by atoms with Gasteiger partial charge in [0, 0.05) is 53.5 Å². The van der Waals surface area contributed by atoms with Gasteiger partial charge in [-0.3, -0.25) is 18.7 Å². The first kappa shape index (κ1) is 28.6. The minimum atomic E-state index is -2.43. The van der Waals surface area contributed by atoms with Gasteiger partial charge in [-0.2, -0.15) is 0 Å². The normalized spacial score (nSPS) is 17.7. The van der Waals surface area contributed by atoms with E-state index in [0.717, 1.165) is 42.4 Å². The van der Waals surface area contributed by atoms with E-state index >= 15 is 0 Å². The first-order valence-corrected chi connectivity index (χ1v) is 16.2. The molecule has 0 unspecified atom stereocenters. The highest BCUT2D eigenvalue weighted by Crippen LogP contribution is 2.43. The predicted octanol–water partition coefficient (Wildman–Crippen LogP) is 5.01. The Morgan fingerprint density at radius 2 is 1.63 bits per heavy atom. The van der Waals surface area contributed by atoms with E-state index in [9.17, 15) is 9.00 Å². The summed E-state index contributed by atoms with van der Waals surface area (Å²) in [6.07, 6.45) is 9.00. The Balaban J connectivity index is 1.45. The van der Waals surface area contributed by atoms with Gasteiger partial charge in [-0.25, -0.2) is 0 Å². The van der Waals surface area contributed by atoms with Crippen LogP contribution in [0.3, 0.4) is 0 Å². The van der Waals surface area contributed by atoms with Gasteiger partial charge in [0.2, 0.25) is 5.75 Å². The molecule has 10 heteroatoms. The zero-order valence-electron chi connectivity index (χ0n) is 24.0. The predicted molar refractivity (Wildman–Crippen MR) is 163 cm³/mol. The van der Waals surface area contributed by atoms with E-state index in [1.165, 1.54) is 0 Å². The van der Waals surface area contributed by atoms with Crippen LogP contribution in [0.1, 0.15) is 36.0 Å². The molecule has 1 aliphatic rings. The molecule has 1 fully saturated rings. The number of nitrogens with one attached hydrogen (secondary N) is 2. The molecule has 1 amide bonds. The number of methoxy groups -OCH3 is 3. The van der Waals surface area contributed by atoms with E-state index in [2.05, 4.69) is 15.0 Å². The van der Waals surface area contributed by atoms with Crippen LogP contribution in [-0.4, -0.2) is 61.0 Å². The fourth-order valence-corrected chi connectivity index (χ4v) is 6.58. The van der Waals surface area contributed by atoms with Gasteiger partial charge in [0.25, 0.3) is 5.91 Å². The fraction of sp³-hybridized carbons (Fsp3) is 0.355. The summed E-state index contributed by atoms with van der Waals surface area (Å²) in [7, 11) is 2.27. The molecule has 2 atom stereocenters. The molecule has 0 bridgehead atoms. The van der Waals surface area contributed by atoms with Crippen molar-refractivity contribution in [1.29, 1.82) is 0 Å². The number of fused-ring (bicyclic) bond motifs is 1. The zero-order chi connectivity index (χ0) is 29.1. The number of hydrogen-bond acceptors (Lipinski definition) is 7. The Bertz CT molecular complexity index is 1590. The van der Waals surface area contributed by atoms with E-state index in [0.29, 0.717) is 39.7 Å². The van der Waals surface area contributed by atoms with E-state index in [4.69, 9.17) is 18.6 Å². The number of thiol groups is 1. The lowest BCUT2D eigenvalue weighted by Gasteiger charge is -2.35. The van der Waals surface area contributed by atoms with Crippen molar-refractivity contribution in [2.45, 2.75) is 37.8 Å². The van der Waals surface area contributed by atoms with Crippen molar-refractivity contribution < 1.29 is 27.6 Å². The van der Waals surface area contributed by atoms with Crippen molar-refractivity contribution in [1.82, 2.24) is 15.0 Å². The molecule has 41 heavy (non-hydrogen) atoms. The Hall–Kier alpha value is -3.89. The highest BCUT2D eigenvalue weighted by molar-refractivity contribution is 7.99. The number of pyridine rings is 1. The molecular formula is C31H37N3O6S. The monoisotopic (exact) mass is 579 g/mol. The second-order valence-corrected chi connectivity index (χ2v) is 13.6. The number of amides is 1. The van der Waals surface area contributed by atoms with Crippen molar-refractivity contribution in [2.75, 3.05) is 33.8 Å². The second-order valence-electron chi connectivity index (χ2n) is 10.6. The highest BCUT2D eigenvalue weighted by atomic mass is 32.3. The first-order valence-electron chi connectivity index (χ1n) is 13.6. The third-order valence-corrected chi connectivity index (χ3v) is 8.31. The lowest BCUT2D eigenvalue weighted by atomic mass is 9.90. The van der Waals surface area contributed by atoms with Crippen LogP contribution in [0, 0.1) is 0 Å². The molecule has 1 aliphatic carbocycles. The van der Waals surface area contributed by atoms with Gasteiger partial charge in [0.05, 0.1) is 21.3 Å². The summed E-state index contributed by atoms with van der Waals surface area (Å²) < 4.78 is 38.5. The van der Waals surface area contributed by atoms with Crippen LogP contribution >= 0.6 is 0 Å². The van der Waals surface area contributed by atoms with Crippen LogP contribution in [-0.2, 0) is 10.1 Å². The number of aromatic nitrogens is 1. The molecule has 2 heterocycles. The maximum Gasteiger partial charge on any atom is 0.251 e. The van der Waals surface area contributed by atoms with Crippen molar-refractivity contribution in [3.8, 4) is 39.7 Å². The van der Waals surface area contributed by atoms with Gasteiger partial charge in [-0.15, -0.1) is 0 Å². The van der Waals surface area contributed by atoms with Gasteiger partial charge < -0.3 is 23.9 Å². The summed E-state index contributed by atoms with van der Waals surface area (Å²) in [4.78, 5) is 17.9. The van der Waals surface area contributed by atoms with Crippen LogP contribution in [0.25, 0.3) is 33.6 Å². The van der Waals surface area contributed by atoms with E-state index < -0.39 is 10.1 Å². The Labute approximate surface area is 241 Å². The molecule has 1 saturated carbocycles. The Morgan fingerprint density at radius 3 is 2.29 bits per heavy atom. The standard InChI is InChI=1S/C31H37N3O6S/c1-37-27-16-21(17-28(38-2)30(27)39-3)26-18-25-29(40-26)22(13-14-32-25)19-9-8-10-20(15-19)31(35)33-23-11-6-7-12-24(23)34-41(4,5)36/h8-10,13-18,23-24,41H,6-7,11-12H2,1-5H3,(H,33,35)(H,34,36)/t23-,24+/m1/s1. The van der Waals surface area contributed by atoms with Crippen LogP contribution in [0.15, 0.2) is 59.1 Å². The average Bonchev–Trinajstić information content (AvgIpc) is 3.41. The van der Waals surface area contributed by atoms with E-state index in [1.54, 1.807) is 46.1 Å². The first-order chi connectivity index (χ1) is 19.7. The number of carbonyl (C=O) groups is 1. The number of carbonyl (C=O) groups excluding carboxylic acids is 1. The fourth-order valence-electron chi connectivity index (χ4n) is 5.47. The largest absolute Gasteiger partial charge is 0.493 e. The molecule has 0 aliphatic heterocycles. The summed E-state index contributed by atoms with van der Waals surface area (Å²) in [6, 6.07) is 14.8. The number of rotatable bonds is 9. The van der Waals surface area contributed by atoms with Crippen LogP contribution in [0.2, 0.25) is 0 Å². The van der Waals surface area contributed by atoms with Gasteiger partial charge in [0.1, 0.15) is 11.3 Å². The quantitative estimate of drug-likeness (QED) is 0.239. The molecule has 2 N–H and O–H groups in total. The molecule has 2 aromatic heterocycles. The number of ether oxygens (including phenoxy) is 3. The van der Waals surface area contributed by atoms with Crippen LogP contribution in [0.4, 0.5) is 0 Å². The third kappa shape index (κ3) is 6.23. The molecule has 5 rings (SSSR count). The lowest BCUT2D eigenvalue weighted by molar-refractivity contribution is 0.0919. The summed E-state index contributed by atoms with van der Waals surface area (Å²) in [5.41, 5.74) is 4.23. The second kappa shape index (κ2) is 11.9. The number of furan rings is 1. The van der Waals surface area contributed by atoms with Gasteiger partial charge >= 0.3 is 0 Å². The molecule has 0 radical (unpaired) electrons. The Kier molecular flexibility index (Phi) is 8.32. The van der Waals surface area contributed by atoms with Gasteiger partial charge in [0.15, 0.2) is 17.1 Å². The molecular weight excluding hydrogens is 542 g/mol. The summed E-state index contributed by atoms with van der Waals surface area (Å²) in [5, 5.41) is 3.19. The Morgan fingerprint density at radius 1 is 0.927 bits per heavy atom. The molecule has 0 spiro atoms. The summed E-state index contributed by atoms with van der Waals surface area (Å²) in [5.74, 6) is 1.97. The van der Waals surface area contributed by atoms with Gasteiger partial charge in [-0.1, -0.05) is 35.1 Å². The van der Waals surface area contributed by atoms with Crippen molar-refractivity contribution in [2.24, 2.45) is 0 Å². The molecule has 218 valence electrons. The molecule has 2 aromatic carbocycles. The van der Waals surface area contributed by atoms with Crippen molar-refractivity contribution in [3.05, 3.63) is 60.3 Å². The summed E-state index contributed by atoms with van der Waals surface area (Å²) in [6.45, 7) is 0. The van der Waals surface area contributed by atoms with Gasteiger partial charge in [-0.05, 0) is 48.7 Å². The van der Waals surface area contributed by atoms with E-state index in [-0.39, 0.29) is 18.0 Å². The maximum absolute atomic E-state index is 13.4. The minimum Gasteiger partial charge on any atom is -0.493 e. The molecule has 4 aromatic rings. The minimum absolute atomic E-state index is 0.00622. The number of benzene rings is 2. The van der Waals surface area contributed by atoms with E-state index in [1.807, 2.05) is 42.5 Å². The zero-order valence-corrected chi connectivity index (χ0v) is 24.9. The van der Waals surface area contributed by atoms with Crippen molar-refractivity contribution >= 4 is 27.1 Å². The average molecular weight is 580 g/mol. The highest BCUT2D eigenvalue weighted by Gasteiger charge is 2.28. The number of nitrogens with zero attached hydrogens (tertiary/aromatic N) is 1. The lowest BCUT2D eigenvalue weighted by Crippen LogP contribution is -2.54. The summed E-state index contributed by atoms with van der Waals surface area (Å²) >= 11 is 0. The van der Waals surface area contributed by atoms with Crippen LogP contribution < -0.4 is 24.2 Å². The topological polar surface area (TPSA) is 112 Å². The third-order valence-electron chi connectivity index (χ3n) is 7.36. The SMILES string of the molecule is COc1cc(-c2cc3nccc(-c4cccc(C(=O)N[C@@H]5CCCC[C@@H]5N[SH](C)(C)=O)c4)c3o2)cc(OC)c1OC. The smallest absolute Gasteiger partial charge is 0.251 e.